The third-order valence-corrected chi connectivity index (χ3v) is 3.37. The summed E-state index contributed by atoms with van der Waals surface area (Å²) >= 11 is 2.17. The summed E-state index contributed by atoms with van der Waals surface area (Å²) in [5.74, 6) is -1.99. The minimum atomic E-state index is -0.884. The van der Waals surface area contributed by atoms with Crippen molar-refractivity contribution in [1.29, 1.82) is 0 Å². The molecule has 1 aromatic carbocycles. The van der Waals surface area contributed by atoms with Crippen molar-refractivity contribution in [2.45, 2.75) is 6.42 Å². The average molecular weight is 446 g/mol. The number of benzene rings is 1. The van der Waals surface area contributed by atoms with E-state index in [1.165, 1.54) is 7.11 Å². The van der Waals surface area contributed by atoms with Crippen LogP contribution < -0.4 is 21.5 Å². The van der Waals surface area contributed by atoms with Crippen LogP contribution in [0.3, 0.4) is 0 Å². The Labute approximate surface area is 153 Å². The third kappa shape index (κ3) is 7.92. The van der Waals surface area contributed by atoms with Crippen LogP contribution in [-0.2, 0) is 19.1 Å². The highest BCUT2D eigenvalue weighted by molar-refractivity contribution is 14.1. The van der Waals surface area contributed by atoms with Crippen molar-refractivity contribution in [3.05, 3.63) is 40.1 Å². The molecule has 0 radical (unpaired) electrons. The number of hydrazine groups is 1. The van der Waals surface area contributed by atoms with Gasteiger partial charge < -0.3 is 20.8 Å². The van der Waals surface area contributed by atoms with E-state index in [-0.39, 0.29) is 24.6 Å². The van der Waals surface area contributed by atoms with Crippen LogP contribution in [0.15, 0.2) is 36.5 Å². The van der Waals surface area contributed by atoms with Gasteiger partial charge in [0.2, 0.25) is 5.91 Å². The summed E-state index contributed by atoms with van der Waals surface area (Å²) in [4.78, 5) is 34.7. The van der Waals surface area contributed by atoms with Gasteiger partial charge >= 0.3 is 11.8 Å². The maximum Gasteiger partial charge on any atom is 0.327 e. The molecule has 0 saturated carbocycles. The SMILES string of the molecule is C=C(CC(=O)Nc1ccc(I)cc1)NNC(=O)C(=O)NCCOC. The Hall–Kier alpha value is -2.14. The molecule has 0 aliphatic rings. The number of nitrogens with one attached hydrogen (secondary N) is 4. The highest BCUT2D eigenvalue weighted by atomic mass is 127. The van der Waals surface area contributed by atoms with Gasteiger partial charge in [-0.25, -0.2) is 0 Å². The summed E-state index contributed by atoms with van der Waals surface area (Å²) in [6.07, 6.45) is -0.0580. The quantitative estimate of drug-likeness (QED) is 0.202. The van der Waals surface area contributed by atoms with Crippen LogP contribution in [0.2, 0.25) is 0 Å². The summed E-state index contributed by atoms with van der Waals surface area (Å²) in [7, 11) is 1.49. The molecule has 4 N–H and O–H groups in total. The summed E-state index contributed by atoms with van der Waals surface area (Å²) in [5, 5.41) is 5.06. The number of carbonyl (C=O) groups excluding carboxylic acids is 3. The standard InChI is InChI=1S/C15H19IN4O4/c1-10(19-20-15(23)14(22)17-7-8-24-2)9-13(21)18-12-5-3-11(16)4-6-12/h3-6,19H,1,7-9H2,2H3,(H,17,22)(H,18,21)(H,20,23). The van der Waals surface area contributed by atoms with E-state index in [4.69, 9.17) is 4.74 Å². The van der Waals surface area contributed by atoms with Crippen LogP contribution in [-0.4, -0.2) is 38.0 Å². The first-order valence-corrected chi connectivity index (χ1v) is 8.06. The number of amides is 3. The van der Waals surface area contributed by atoms with E-state index in [0.29, 0.717) is 12.3 Å². The van der Waals surface area contributed by atoms with Gasteiger partial charge in [0.25, 0.3) is 0 Å². The van der Waals surface area contributed by atoms with Gasteiger partial charge in [-0.2, -0.15) is 0 Å². The summed E-state index contributed by atoms with van der Waals surface area (Å²) in [6, 6.07) is 7.29. The molecular formula is C15H19IN4O4. The predicted molar refractivity (Wildman–Crippen MR) is 97.7 cm³/mol. The number of rotatable bonds is 8. The minimum absolute atomic E-state index is 0.0580. The first-order chi connectivity index (χ1) is 11.4. The number of hydrogen-bond acceptors (Lipinski definition) is 5. The van der Waals surface area contributed by atoms with E-state index >= 15 is 0 Å². The number of ether oxygens (including phenoxy) is 1. The molecule has 1 aromatic rings. The van der Waals surface area contributed by atoms with Gasteiger partial charge in [0.1, 0.15) is 0 Å². The highest BCUT2D eigenvalue weighted by Gasteiger charge is 2.13. The van der Waals surface area contributed by atoms with Crippen LogP contribution in [0.25, 0.3) is 0 Å². The molecule has 0 unspecified atom stereocenters. The zero-order valence-electron chi connectivity index (χ0n) is 13.1. The minimum Gasteiger partial charge on any atom is -0.383 e. The van der Waals surface area contributed by atoms with Crippen molar-refractivity contribution in [1.82, 2.24) is 16.2 Å². The molecule has 24 heavy (non-hydrogen) atoms. The smallest absolute Gasteiger partial charge is 0.327 e. The first kappa shape index (κ1) is 19.9. The zero-order valence-corrected chi connectivity index (χ0v) is 15.3. The normalized spacial score (nSPS) is 9.75. The monoisotopic (exact) mass is 446 g/mol. The number of methoxy groups -OCH3 is 1. The Morgan fingerprint density at radius 1 is 1.12 bits per heavy atom. The molecular weight excluding hydrogens is 427 g/mol. The predicted octanol–water partition coefficient (Wildman–Crippen LogP) is 0.517. The second-order valence-electron chi connectivity index (χ2n) is 4.66. The molecule has 8 nitrogen and oxygen atoms in total. The number of carbonyl (C=O) groups is 3. The molecule has 130 valence electrons. The van der Waals surface area contributed by atoms with E-state index in [2.05, 4.69) is 50.7 Å². The van der Waals surface area contributed by atoms with E-state index in [0.717, 1.165) is 3.57 Å². The molecule has 0 fully saturated rings. The van der Waals surface area contributed by atoms with Gasteiger partial charge in [-0.1, -0.05) is 6.58 Å². The van der Waals surface area contributed by atoms with Gasteiger partial charge in [0.15, 0.2) is 0 Å². The van der Waals surface area contributed by atoms with Crippen molar-refractivity contribution in [3.63, 3.8) is 0 Å². The molecule has 0 saturated heterocycles. The molecule has 9 heteroatoms. The second kappa shape index (κ2) is 10.6. The topological polar surface area (TPSA) is 109 Å². The molecule has 1 rings (SSSR count). The van der Waals surface area contributed by atoms with Crippen molar-refractivity contribution in [2.24, 2.45) is 0 Å². The Morgan fingerprint density at radius 2 is 1.79 bits per heavy atom. The maximum absolute atomic E-state index is 11.8. The molecule has 0 bridgehead atoms. The fourth-order valence-corrected chi connectivity index (χ4v) is 1.88. The number of anilines is 1. The van der Waals surface area contributed by atoms with Crippen LogP contribution in [0.1, 0.15) is 6.42 Å². The number of hydrogen-bond donors (Lipinski definition) is 4. The summed E-state index contributed by atoms with van der Waals surface area (Å²) in [6.45, 7) is 4.15. The van der Waals surface area contributed by atoms with Crippen LogP contribution in [0, 0.1) is 3.57 Å². The maximum atomic E-state index is 11.8. The van der Waals surface area contributed by atoms with Crippen LogP contribution in [0.4, 0.5) is 5.69 Å². The fourth-order valence-electron chi connectivity index (χ4n) is 1.53. The lowest BCUT2D eigenvalue weighted by Gasteiger charge is -2.11. The van der Waals surface area contributed by atoms with Gasteiger partial charge in [-0.15, -0.1) is 0 Å². The number of halogens is 1. The second-order valence-corrected chi connectivity index (χ2v) is 5.91. The lowest BCUT2D eigenvalue weighted by molar-refractivity contribution is -0.139. The van der Waals surface area contributed by atoms with Crippen molar-refractivity contribution in [3.8, 4) is 0 Å². The Morgan fingerprint density at radius 3 is 2.42 bits per heavy atom. The summed E-state index contributed by atoms with van der Waals surface area (Å²) in [5.41, 5.74) is 5.50. The zero-order chi connectivity index (χ0) is 17.9. The van der Waals surface area contributed by atoms with Crippen LogP contribution in [0.5, 0.6) is 0 Å². The Kier molecular flexibility index (Phi) is 8.79. The molecule has 0 heterocycles. The van der Waals surface area contributed by atoms with E-state index < -0.39 is 11.8 Å². The van der Waals surface area contributed by atoms with Crippen molar-refractivity contribution >= 4 is 46.0 Å². The first-order valence-electron chi connectivity index (χ1n) is 6.98. The Balaban J connectivity index is 2.29. The van der Waals surface area contributed by atoms with Crippen LogP contribution >= 0.6 is 22.6 Å². The van der Waals surface area contributed by atoms with E-state index in [9.17, 15) is 14.4 Å². The lowest BCUT2D eigenvalue weighted by atomic mass is 10.3. The fraction of sp³-hybridized carbons (Fsp3) is 0.267. The largest absolute Gasteiger partial charge is 0.383 e. The Bertz CT molecular complexity index is 604. The molecule has 0 aromatic heterocycles. The lowest BCUT2D eigenvalue weighted by Crippen LogP contribution is -2.46. The van der Waals surface area contributed by atoms with Gasteiger partial charge in [0.05, 0.1) is 13.0 Å². The van der Waals surface area contributed by atoms with Gasteiger partial charge in [0, 0.05) is 28.6 Å². The van der Waals surface area contributed by atoms with Gasteiger partial charge in [-0.3, -0.25) is 19.8 Å². The van der Waals surface area contributed by atoms with Crippen molar-refractivity contribution < 1.29 is 19.1 Å². The van der Waals surface area contributed by atoms with E-state index in [1.807, 2.05) is 12.1 Å². The average Bonchev–Trinajstić information content (AvgIpc) is 2.54. The third-order valence-electron chi connectivity index (χ3n) is 2.65. The summed E-state index contributed by atoms with van der Waals surface area (Å²) < 4.78 is 5.81. The van der Waals surface area contributed by atoms with E-state index in [1.54, 1.807) is 12.1 Å². The molecule has 0 spiro atoms. The van der Waals surface area contributed by atoms with Gasteiger partial charge in [-0.05, 0) is 46.9 Å². The van der Waals surface area contributed by atoms with Crippen molar-refractivity contribution in [2.75, 3.05) is 25.6 Å². The highest BCUT2D eigenvalue weighted by Crippen LogP contribution is 2.11. The molecule has 0 aliphatic heterocycles. The molecule has 0 aliphatic carbocycles. The molecule has 0 atom stereocenters. The molecule has 3 amide bonds.